The zero-order valence-electron chi connectivity index (χ0n) is 17.7. The van der Waals surface area contributed by atoms with E-state index >= 15 is 0 Å². The van der Waals surface area contributed by atoms with Crippen molar-refractivity contribution < 1.29 is 27.2 Å². The van der Waals surface area contributed by atoms with E-state index < -0.39 is 34.8 Å². The highest BCUT2D eigenvalue weighted by molar-refractivity contribution is 6.07. The molecule has 0 aliphatic carbocycles. The van der Waals surface area contributed by atoms with E-state index in [0.29, 0.717) is 12.1 Å². The second-order valence-electron chi connectivity index (χ2n) is 8.08. The van der Waals surface area contributed by atoms with Crippen molar-refractivity contribution in [3.63, 3.8) is 0 Å². The minimum Gasteiger partial charge on any atom is -0.325 e. The van der Waals surface area contributed by atoms with Gasteiger partial charge in [0.05, 0.1) is 16.9 Å². The molecule has 0 bridgehead atoms. The van der Waals surface area contributed by atoms with Gasteiger partial charge in [-0.3, -0.25) is 9.59 Å². The molecule has 1 fully saturated rings. The lowest BCUT2D eigenvalue weighted by molar-refractivity contribution is -0.137. The number of anilines is 2. The van der Waals surface area contributed by atoms with Crippen molar-refractivity contribution in [2.45, 2.75) is 40.3 Å². The predicted molar refractivity (Wildman–Crippen MR) is 110 cm³/mol. The fraction of sp³-hybridized carbons (Fsp3) is 0.391. The Hall–Kier alpha value is -2.90. The molecule has 166 valence electrons. The second kappa shape index (κ2) is 7.98. The molecule has 1 saturated heterocycles. The van der Waals surface area contributed by atoms with Gasteiger partial charge >= 0.3 is 6.18 Å². The summed E-state index contributed by atoms with van der Waals surface area (Å²) in [6, 6.07) is 7.52. The predicted octanol–water partition coefficient (Wildman–Crippen LogP) is 5.48. The first-order chi connectivity index (χ1) is 14.4. The molecule has 2 atom stereocenters. The Morgan fingerprint density at radius 1 is 1.19 bits per heavy atom. The molecule has 1 heterocycles. The zero-order chi connectivity index (χ0) is 23.1. The summed E-state index contributed by atoms with van der Waals surface area (Å²) in [5.41, 5.74) is -0.166. The van der Waals surface area contributed by atoms with Crippen LogP contribution in [-0.4, -0.2) is 18.4 Å². The van der Waals surface area contributed by atoms with Crippen LogP contribution in [0.2, 0.25) is 0 Å². The van der Waals surface area contributed by atoms with E-state index in [-0.39, 0.29) is 24.6 Å². The van der Waals surface area contributed by atoms with Crippen LogP contribution in [0.25, 0.3) is 0 Å². The van der Waals surface area contributed by atoms with E-state index in [2.05, 4.69) is 5.32 Å². The molecule has 1 N–H and O–H groups in total. The summed E-state index contributed by atoms with van der Waals surface area (Å²) in [5, 5.41) is 2.42. The number of rotatable bonds is 4. The molecule has 0 saturated carbocycles. The third-order valence-corrected chi connectivity index (χ3v) is 6.18. The topological polar surface area (TPSA) is 49.4 Å². The number of benzene rings is 2. The van der Waals surface area contributed by atoms with Gasteiger partial charge in [-0.15, -0.1) is 0 Å². The molecule has 2 aromatic carbocycles. The van der Waals surface area contributed by atoms with Crippen molar-refractivity contribution in [3.8, 4) is 0 Å². The summed E-state index contributed by atoms with van der Waals surface area (Å²) in [7, 11) is 0. The quantitative estimate of drug-likeness (QED) is 0.646. The summed E-state index contributed by atoms with van der Waals surface area (Å²) in [6.07, 6.45) is -4.46. The van der Waals surface area contributed by atoms with Crippen LogP contribution in [0.4, 0.5) is 28.9 Å². The van der Waals surface area contributed by atoms with Crippen LogP contribution in [0.15, 0.2) is 36.4 Å². The molecular weight excluding hydrogens is 412 g/mol. The Balaban J connectivity index is 1.96. The van der Waals surface area contributed by atoms with Crippen LogP contribution in [0.5, 0.6) is 0 Å². The maximum Gasteiger partial charge on any atom is 0.416 e. The minimum atomic E-state index is -4.75. The standard InChI is InChI=1S/C23H24F4N2O2/c1-5-22(21(31)28-18-10-16(23(25,26)27)9-17(24)11-18)12-29(20(30)15(22)4)19-13(2)7-6-8-14(19)3/h6-11,15H,5,12H2,1-4H3,(H,28,31)/t15-,22-/m1/s1. The van der Waals surface area contributed by atoms with Gasteiger partial charge in [-0.05, 0) is 49.6 Å². The molecule has 4 nitrogen and oxygen atoms in total. The molecule has 3 rings (SSSR count). The Kier molecular flexibility index (Phi) is 5.86. The van der Waals surface area contributed by atoms with Crippen molar-refractivity contribution in [3.05, 3.63) is 58.9 Å². The number of carbonyl (C=O) groups excluding carboxylic acids is 2. The van der Waals surface area contributed by atoms with Gasteiger partial charge in [0.25, 0.3) is 0 Å². The van der Waals surface area contributed by atoms with E-state index in [0.717, 1.165) is 22.9 Å². The molecule has 2 amide bonds. The van der Waals surface area contributed by atoms with Gasteiger partial charge in [-0.2, -0.15) is 13.2 Å². The lowest BCUT2D eigenvalue weighted by Crippen LogP contribution is -2.42. The minimum absolute atomic E-state index is 0.0858. The average Bonchev–Trinajstić information content (AvgIpc) is 2.93. The van der Waals surface area contributed by atoms with Gasteiger partial charge in [0.1, 0.15) is 5.82 Å². The number of hydrogen-bond acceptors (Lipinski definition) is 2. The van der Waals surface area contributed by atoms with E-state index in [1.165, 1.54) is 0 Å². The number of hydrogen-bond donors (Lipinski definition) is 1. The maximum atomic E-state index is 13.8. The molecule has 31 heavy (non-hydrogen) atoms. The molecule has 0 radical (unpaired) electrons. The lowest BCUT2D eigenvalue weighted by Gasteiger charge is -2.30. The molecule has 0 spiro atoms. The van der Waals surface area contributed by atoms with Gasteiger partial charge in [-0.25, -0.2) is 4.39 Å². The monoisotopic (exact) mass is 436 g/mol. The van der Waals surface area contributed by atoms with Crippen molar-refractivity contribution in [1.82, 2.24) is 0 Å². The smallest absolute Gasteiger partial charge is 0.325 e. The second-order valence-corrected chi connectivity index (χ2v) is 8.08. The number of aryl methyl sites for hydroxylation is 2. The first-order valence-corrected chi connectivity index (χ1v) is 9.97. The molecule has 0 unspecified atom stereocenters. The third-order valence-electron chi connectivity index (χ3n) is 6.18. The fourth-order valence-corrected chi connectivity index (χ4v) is 4.32. The van der Waals surface area contributed by atoms with Gasteiger partial charge in [0.15, 0.2) is 0 Å². The van der Waals surface area contributed by atoms with Crippen molar-refractivity contribution in [2.24, 2.45) is 11.3 Å². The van der Waals surface area contributed by atoms with Crippen molar-refractivity contribution in [2.75, 3.05) is 16.8 Å². The Labute approximate surface area is 178 Å². The SMILES string of the molecule is CC[C@@]1(C(=O)Nc2cc(F)cc(C(F)(F)F)c2)CN(c2c(C)cccc2C)C(=O)[C@H]1C. The largest absolute Gasteiger partial charge is 0.416 e. The number of nitrogens with zero attached hydrogens (tertiary/aromatic N) is 1. The van der Waals surface area contributed by atoms with Crippen LogP contribution in [0, 0.1) is 31.0 Å². The van der Waals surface area contributed by atoms with Crippen LogP contribution < -0.4 is 10.2 Å². The van der Waals surface area contributed by atoms with Gasteiger partial charge in [-0.1, -0.05) is 32.0 Å². The van der Waals surface area contributed by atoms with Crippen LogP contribution in [-0.2, 0) is 15.8 Å². The highest BCUT2D eigenvalue weighted by atomic mass is 19.4. The molecule has 0 aromatic heterocycles. The summed E-state index contributed by atoms with van der Waals surface area (Å²) in [5.74, 6) is -2.65. The summed E-state index contributed by atoms with van der Waals surface area (Å²) >= 11 is 0. The van der Waals surface area contributed by atoms with Crippen LogP contribution >= 0.6 is 0 Å². The normalized spacial score (nSPS) is 21.5. The van der Waals surface area contributed by atoms with E-state index in [1.807, 2.05) is 32.0 Å². The number of halogens is 4. The summed E-state index contributed by atoms with van der Waals surface area (Å²) < 4.78 is 52.8. The molecule has 2 aromatic rings. The first kappa shape index (κ1) is 22.8. The number of carbonyl (C=O) groups is 2. The van der Waals surface area contributed by atoms with E-state index in [9.17, 15) is 27.2 Å². The molecule has 1 aliphatic rings. The van der Waals surface area contributed by atoms with Crippen molar-refractivity contribution in [1.29, 1.82) is 0 Å². The Morgan fingerprint density at radius 3 is 2.35 bits per heavy atom. The fourth-order valence-electron chi connectivity index (χ4n) is 4.32. The Morgan fingerprint density at radius 2 is 1.81 bits per heavy atom. The molecule has 8 heteroatoms. The van der Waals surface area contributed by atoms with Gasteiger partial charge in [0.2, 0.25) is 11.8 Å². The van der Waals surface area contributed by atoms with E-state index in [4.69, 9.17) is 0 Å². The average molecular weight is 436 g/mol. The molecular formula is C23H24F4N2O2. The number of alkyl halides is 3. The summed E-state index contributed by atoms with van der Waals surface area (Å²) in [6.45, 7) is 7.23. The van der Waals surface area contributed by atoms with Crippen LogP contribution in [0.3, 0.4) is 0 Å². The first-order valence-electron chi connectivity index (χ1n) is 9.97. The molecule has 1 aliphatic heterocycles. The summed E-state index contributed by atoms with van der Waals surface area (Å²) in [4.78, 5) is 27.9. The third kappa shape index (κ3) is 4.03. The van der Waals surface area contributed by atoms with Crippen LogP contribution in [0.1, 0.15) is 37.0 Å². The lowest BCUT2D eigenvalue weighted by atomic mass is 9.75. The number of para-hydroxylation sites is 1. The highest BCUT2D eigenvalue weighted by Gasteiger charge is 2.54. The van der Waals surface area contributed by atoms with Gasteiger partial charge in [0, 0.05) is 17.9 Å². The highest BCUT2D eigenvalue weighted by Crippen LogP contribution is 2.44. The van der Waals surface area contributed by atoms with Gasteiger partial charge < -0.3 is 10.2 Å². The number of nitrogens with one attached hydrogen (secondary N) is 1. The zero-order valence-corrected chi connectivity index (χ0v) is 17.7. The van der Waals surface area contributed by atoms with E-state index in [1.54, 1.807) is 18.7 Å². The van der Waals surface area contributed by atoms with Crippen molar-refractivity contribution >= 4 is 23.2 Å². The maximum absolute atomic E-state index is 13.8. The Bertz CT molecular complexity index is 1010. The number of amides is 2.